The zero-order chi connectivity index (χ0) is 17.1. The van der Waals surface area contributed by atoms with E-state index in [-0.39, 0.29) is 12.1 Å². The minimum absolute atomic E-state index is 0.188. The highest BCUT2D eigenvalue weighted by Crippen LogP contribution is 2.20. The first-order valence-corrected chi connectivity index (χ1v) is 8.71. The summed E-state index contributed by atoms with van der Waals surface area (Å²) in [5, 5.41) is 3.43. The van der Waals surface area contributed by atoms with Crippen LogP contribution in [0, 0.1) is 0 Å². The summed E-state index contributed by atoms with van der Waals surface area (Å²) in [5.74, 6) is 0. The highest BCUT2D eigenvalue weighted by Gasteiger charge is 2.29. The van der Waals surface area contributed by atoms with Crippen molar-refractivity contribution >= 4 is 6.09 Å². The Hall–Kier alpha value is -0.850. The molecule has 0 saturated carbocycles. The molecule has 1 saturated heterocycles. The fourth-order valence-electron chi connectivity index (χ4n) is 2.59. The van der Waals surface area contributed by atoms with Crippen molar-refractivity contribution in [3.05, 3.63) is 0 Å². The number of carbonyl (C=O) groups is 1. The number of ether oxygens (including phenoxy) is 3. The fourth-order valence-corrected chi connectivity index (χ4v) is 2.59. The Morgan fingerprint density at radius 3 is 2.70 bits per heavy atom. The minimum atomic E-state index is -0.438. The van der Waals surface area contributed by atoms with Gasteiger partial charge in [-0.25, -0.2) is 4.79 Å². The van der Waals surface area contributed by atoms with E-state index in [0.29, 0.717) is 13.2 Å². The molecule has 136 valence electrons. The van der Waals surface area contributed by atoms with Gasteiger partial charge in [-0.2, -0.15) is 0 Å². The molecule has 1 aliphatic rings. The highest BCUT2D eigenvalue weighted by molar-refractivity contribution is 5.68. The first-order valence-electron chi connectivity index (χ1n) is 8.71. The van der Waals surface area contributed by atoms with Crippen LogP contribution in [0.1, 0.15) is 46.5 Å². The summed E-state index contributed by atoms with van der Waals surface area (Å²) >= 11 is 0. The Kier molecular flexibility index (Phi) is 9.52. The van der Waals surface area contributed by atoms with Crippen LogP contribution in [0.3, 0.4) is 0 Å². The predicted octanol–water partition coefficient (Wildman–Crippen LogP) is 2.42. The molecule has 6 heteroatoms. The molecule has 23 heavy (non-hydrogen) atoms. The Balaban J connectivity index is 2.23. The molecular formula is C17H34N2O4. The number of nitrogens with zero attached hydrogens (tertiary/aromatic N) is 1. The number of nitrogens with one attached hydrogen (secondary N) is 1. The minimum Gasteiger partial charge on any atom is -0.444 e. The number of carbonyl (C=O) groups excluding carboxylic acids is 1. The van der Waals surface area contributed by atoms with E-state index in [1.54, 1.807) is 7.11 Å². The van der Waals surface area contributed by atoms with Crippen LogP contribution in [0.5, 0.6) is 0 Å². The lowest BCUT2D eigenvalue weighted by molar-refractivity contribution is 0.00987. The molecule has 0 aromatic heterocycles. The first-order chi connectivity index (χ1) is 10.9. The molecule has 1 heterocycles. The van der Waals surface area contributed by atoms with Gasteiger partial charge in [0.15, 0.2) is 0 Å². The summed E-state index contributed by atoms with van der Waals surface area (Å²) in [4.78, 5) is 14.2. The van der Waals surface area contributed by atoms with Gasteiger partial charge in [-0.05, 0) is 53.0 Å². The van der Waals surface area contributed by atoms with E-state index in [1.807, 2.05) is 25.7 Å². The summed E-state index contributed by atoms with van der Waals surface area (Å²) < 4.78 is 15.9. The van der Waals surface area contributed by atoms with Crippen LogP contribution >= 0.6 is 0 Å². The van der Waals surface area contributed by atoms with Crippen molar-refractivity contribution in [2.75, 3.05) is 46.6 Å². The van der Waals surface area contributed by atoms with Crippen molar-refractivity contribution in [3.8, 4) is 0 Å². The molecule has 1 atom stereocenters. The number of likely N-dealkylation sites (tertiary alicyclic amines) is 1. The summed E-state index contributed by atoms with van der Waals surface area (Å²) in [6.45, 7) is 10.2. The molecule has 0 aromatic carbocycles. The van der Waals surface area contributed by atoms with Gasteiger partial charge >= 0.3 is 6.09 Å². The lowest BCUT2D eigenvalue weighted by Crippen LogP contribution is -2.50. The summed E-state index contributed by atoms with van der Waals surface area (Å²) in [6, 6.07) is 0.230. The van der Waals surface area contributed by atoms with Gasteiger partial charge in [-0.15, -0.1) is 0 Å². The van der Waals surface area contributed by atoms with Crippen LogP contribution in [-0.4, -0.2) is 69.2 Å². The van der Waals surface area contributed by atoms with E-state index in [9.17, 15) is 4.79 Å². The largest absolute Gasteiger partial charge is 0.444 e. The van der Waals surface area contributed by atoms with E-state index in [2.05, 4.69) is 5.32 Å². The number of amides is 1. The number of hydrogen-bond acceptors (Lipinski definition) is 5. The molecule has 0 bridgehead atoms. The topological polar surface area (TPSA) is 60.0 Å². The van der Waals surface area contributed by atoms with Gasteiger partial charge in [0.25, 0.3) is 0 Å². The zero-order valence-electron chi connectivity index (χ0n) is 15.2. The Morgan fingerprint density at radius 2 is 2.00 bits per heavy atom. The van der Waals surface area contributed by atoms with Gasteiger partial charge in [0.2, 0.25) is 0 Å². The van der Waals surface area contributed by atoms with Crippen LogP contribution in [-0.2, 0) is 14.2 Å². The summed E-state index contributed by atoms with van der Waals surface area (Å²) in [5.41, 5.74) is -0.438. The molecule has 1 N–H and O–H groups in total. The van der Waals surface area contributed by atoms with Crippen molar-refractivity contribution in [1.82, 2.24) is 10.2 Å². The third-order valence-electron chi connectivity index (χ3n) is 3.71. The van der Waals surface area contributed by atoms with Crippen molar-refractivity contribution in [2.45, 2.75) is 58.1 Å². The van der Waals surface area contributed by atoms with Crippen molar-refractivity contribution in [2.24, 2.45) is 0 Å². The second kappa shape index (κ2) is 10.8. The maximum atomic E-state index is 12.3. The second-order valence-corrected chi connectivity index (χ2v) is 6.99. The summed E-state index contributed by atoms with van der Waals surface area (Å²) in [6.07, 6.45) is 4.04. The lowest BCUT2D eigenvalue weighted by Gasteiger charge is -2.37. The second-order valence-electron chi connectivity index (χ2n) is 6.99. The van der Waals surface area contributed by atoms with Gasteiger partial charge in [-0.3, -0.25) is 0 Å². The van der Waals surface area contributed by atoms with Crippen LogP contribution < -0.4 is 5.32 Å². The van der Waals surface area contributed by atoms with Crippen LogP contribution in [0.25, 0.3) is 0 Å². The standard InChI is InChI=1S/C17H34N2O4/c1-17(2,3)23-16(20)19-10-6-5-8-15(19)14-18-9-7-11-22-13-12-21-4/h15,18H,5-14H2,1-4H3. The molecule has 1 amide bonds. The number of methoxy groups -OCH3 is 1. The predicted molar refractivity (Wildman–Crippen MR) is 90.8 cm³/mol. The molecule has 1 aliphatic heterocycles. The summed E-state index contributed by atoms with van der Waals surface area (Å²) in [7, 11) is 1.67. The first kappa shape index (κ1) is 20.2. The average Bonchev–Trinajstić information content (AvgIpc) is 2.48. The zero-order valence-corrected chi connectivity index (χ0v) is 15.2. The smallest absolute Gasteiger partial charge is 0.410 e. The third kappa shape index (κ3) is 9.13. The van der Waals surface area contributed by atoms with Gasteiger partial charge in [-0.1, -0.05) is 0 Å². The van der Waals surface area contributed by atoms with E-state index in [0.717, 1.165) is 45.5 Å². The Bertz CT molecular complexity index is 331. The van der Waals surface area contributed by atoms with Gasteiger partial charge in [0, 0.05) is 32.8 Å². The Morgan fingerprint density at radius 1 is 1.22 bits per heavy atom. The normalized spacial score (nSPS) is 19.0. The molecule has 1 unspecified atom stereocenters. The SMILES string of the molecule is COCCOCCCNCC1CCCCN1C(=O)OC(C)(C)C. The van der Waals surface area contributed by atoms with Gasteiger partial charge in [0.1, 0.15) is 5.60 Å². The maximum absolute atomic E-state index is 12.3. The van der Waals surface area contributed by atoms with Crippen LogP contribution in [0.15, 0.2) is 0 Å². The number of hydrogen-bond donors (Lipinski definition) is 1. The molecule has 0 spiro atoms. The quantitative estimate of drug-likeness (QED) is 0.658. The lowest BCUT2D eigenvalue weighted by atomic mass is 10.0. The fraction of sp³-hybridized carbons (Fsp3) is 0.941. The molecule has 1 fully saturated rings. The average molecular weight is 330 g/mol. The molecule has 0 radical (unpaired) electrons. The van der Waals surface area contributed by atoms with Crippen LogP contribution in [0.2, 0.25) is 0 Å². The van der Waals surface area contributed by atoms with E-state index in [4.69, 9.17) is 14.2 Å². The number of rotatable bonds is 9. The van der Waals surface area contributed by atoms with Crippen molar-refractivity contribution in [3.63, 3.8) is 0 Å². The number of piperidine rings is 1. The monoisotopic (exact) mass is 330 g/mol. The van der Waals surface area contributed by atoms with Crippen molar-refractivity contribution in [1.29, 1.82) is 0 Å². The van der Waals surface area contributed by atoms with Crippen molar-refractivity contribution < 1.29 is 19.0 Å². The third-order valence-corrected chi connectivity index (χ3v) is 3.71. The molecule has 1 rings (SSSR count). The van der Waals surface area contributed by atoms with Crippen LogP contribution in [0.4, 0.5) is 4.79 Å². The van der Waals surface area contributed by atoms with E-state index >= 15 is 0 Å². The molecule has 6 nitrogen and oxygen atoms in total. The van der Waals surface area contributed by atoms with Gasteiger partial charge < -0.3 is 24.4 Å². The van der Waals surface area contributed by atoms with Gasteiger partial charge in [0.05, 0.1) is 13.2 Å². The highest BCUT2D eigenvalue weighted by atomic mass is 16.6. The molecular weight excluding hydrogens is 296 g/mol. The Labute approximate surface area is 140 Å². The molecule has 0 aromatic rings. The maximum Gasteiger partial charge on any atom is 0.410 e. The van der Waals surface area contributed by atoms with E-state index < -0.39 is 5.60 Å². The molecule has 0 aliphatic carbocycles. The van der Waals surface area contributed by atoms with E-state index in [1.165, 1.54) is 6.42 Å².